The third kappa shape index (κ3) is 3.11. The zero-order valence-electron chi connectivity index (χ0n) is 10.4. The van der Waals surface area contributed by atoms with E-state index >= 15 is 0 Å². The van der Waals surface area contributed by atoms with Crippen LogP contribution < -0.4 is 14.8 Å². The molecule has 0 unspecified atom stereocenters. The topological polar surface area (TPSA) is 39.7 Å². The number of rotatable bonds is 5. The number of methoxy groups -OCH3 is 2. The van der Waals surface area contributed by atoms with E-state index in [4.69, 9.17) is 14.2 Å². The second-order valence-electron chi connectivity index (χ2n) is 4.13. The molecule has 94 valence electrons. The van der Waals surface area contributed by atoms with Crippen molar-refractivity contribution in [2.24, 2.45) is 0 Å². The molecule has 2 rings (SSSR count). The second kappa shape index (κ2) is 5.89. The van der Waals surface area contributed by atoms with Gasteiger partial charge in [-0.05, 0) is 24.1 Å². The molecule has 17 heavy (non-hydrogen) atoms. The van der Waals surface area contributed by atoms with Gasteiger partial charge in [0, 0.05) is 19.2 Å². The van der Waals surface area contributed by atoms with Gasteiger partial charge in [0.05, 0.1) is 20.8 Å². The lowest BCUT2D eigenvalue weighted by Crippen LogP contribution is -2.28. The summed E-state index contributed by atoms with van der Waals surface area (Å²) in [6.45, 7) is 2.51. The monoisotopic (exact) mass is 237 g/mol. The summed E-state index contributed by atoms with van der Waals surface area (Å²) >= 11 is 0. The molecule has 0 saturated carbocycles. The van der Waals surface area contributed by atoms with Gasteiger partial charge >= 0.3 is 0 Å². The lowest BCUT2D eigenvalue weighted by Gasteiger charge is -2.12. The van der Waals surface area contributed by atoms with Crippen molar-refractivity contribution in [2.75, 3.05) is 27.4 Å². The maximum atomic E-state index is 5.32. The summed E-state index contributed by atoms with van der Waals surface area (Å²) in [4.78, 5) is 0. The van der Waals surface area contributed by atoms with Gasteiger partial charge in [-0.1, -0.05) is 6.07 Å². The second-order valence-corrected chi connectivity index (χ2v) is 4.13. The molecule has 1 atom stereocenters. The van der Waals surface area contributed by atoms with Gasteiger partial charge in [-0.3, -0.25) is 0 Å². The van der Waals surface area contributed by atoms with Crippen molar-refractivity contribution in [3.63, 3.8) is 0 Å². The molecule has 0 radical (unpaired) electrons. The highest BCUT2D eigenvalue weighted by molar-refractivity contribution is 5.42. The molecule has 0 amide bonds. The molecule has 4 heteroatoms. The van der Waals surface area contributed by atoms with Gasteiger partial charge < -0.3 is 19.5 Å². The quantitative estimate of drug-likeness (QED) is 0.844. The molecule has 1 aliphatic heterocycles. The standard InChI is InChI=1S/C13H19NO3/c1-15-12-4-3-10(7-13(12)16-2)8-14-11-5-6-17-9-11/h3-4,7,11,14H,5-6,8-9H2,1-2H3/t11-/m1/s1. The van der Waals surface area contributed by atoms with Gasteiger partial charge in [0.2, 0.25) is 0 Å². The minimum atomic E-state index is 0.475. The Morgan fingerprint density at radius 2 is 2.12 bits per heavy atom. The number of benzene rings is 1. The largest absolute Gasteiger partial charge is 0.493 e. The van der Waals surface area contributed by atoms with Gasteiger partial charge in [-0.25, -0.2) is 0 Å². The summed E-state index contributed by atoms with van der Waals surface area (Å²) in [6, 6.07) is 6.45. The van der Waals surface area contributed by atoms with Crippen LogP contribution in [0, 0.1) is 0 Å². The predicted octanol–water partition coefficient (Wildman–Crippen LogP) is 1.58. The van der Waals surface area contributed by atoms with E-state index in [9.17, 15) is 0 Å². The van der Waals surface area contributed by atoms with E-state index in [1.54, 1.807) is 14.2 Å². The summed E-state index contributed by atoms with van der Waals surface area (Å²) < 4.78 is 15.8. The highest BCUT2D eigenvalue weighted by Gasteiger charge is 2.14. The highest BCUT2D eigenvalue weighted by Crippen LogP contribution is 2.27. The van der Waals surface area contributed by atoms with Gasteiger partial charge in [0.15, 0.2) is 11.5 Å². The average Bonchev–Trinajstić information content (AvgIpc) is 2.89. The fourth-order valence-electron chi connectivity index (χ4n) is 1.95. The Morgan fingerprint density at radius 3 is 2.76 bits per heavy atom. The van der Waals surface area contributed by atoms with Crippen LogP contribution in [0.4, 0.5) is 0 Å². The first kappa shape index (κ1) is 12.2. The molecule has 0 bridgehead atoms. The van der Waals surface area contributed by atoms with E-state index < -0.39 is 0 Å². The Hall–Kier alpha value is -1.26. The van der Waals surface area contributed by atoms with Gasteiger partial charge in [0.1, 0.15) is 0 Å². The third-order valence-corrected chi connectivity index (χ3v) is 2.97. The normalized spacial score (nSPS) is 19.3. The number of nitrogens with one attached hydrogen (secondary N) is 1. The van der Waals surface area contributed by atoms with Gasteiger partial charge in [-0.2, -0.15) is 0 Å². The predicted molar refractivity (Wildman–Crippen MR) is 65.6 cm³/mol. The maximum Gasteiger partial charge on any atom is 0.161 e. The fraction of sp³-hybridized carbons (Fsp3) is 0.538. The van der Waals surface area contributed by atoms with Crippen molar-refractivity contribution < 1.29 is 14.2 Å². The average molecular weight is 237 g/mol. The van der Waals surface area contributed by atoms with Crippen LogP contribution in [-0.2, 0) is 11.3 Å². The zero-order valence-corrected chi connectivity index (χ0v) is 10.4. The van der Waals surface area contributed by atoms with Crippen molar-refractivity contribution in [3.8, 4) is 11.5 Å². The molecule has 0 aromatic heterocycles. The van der Waals surface area contributed by atoms with Crippen molar-refractivity contribution >= 4 is 0 Å². The summed E-state index contributed by atoms with van der Waals surface area (Å²) in [7, 11) is 3.30. The lowest BCUT2D eigenvalue weighted by molar-refractivity contribution is 0.190. The molecule has 1 fully saturated rings. The molecular formula is C13H19NO3. The van der Waals surface area contributed by atoms with Crippen LogP contribution in [0.25, 0.3) is 0 Å². The Morgan fingerprint density at radius 1 is 1.29 bits per heavy atom. The smallest absolute Gasteiger partial charge is 0.161 e. The molecule has 0 aliphatic carbocycles. The van der Waals surface area contributed by atoms with E-state index in [1.165, 1.54) is 5.56 Å². The Balaban J connectivity index is 1.95. The Bertz CT molecular complexity index is 362. The van der Waals surface area contributed by atoms with E-state index in [0.29, 0.717) is 6.04 Å². The zero-order chi connectivity index (χ0) is 12.1. The number of hydrogen-bond donors (Lipinski definition) is 1. The first-order valence-corrected chi connectivity index (χ1v) is 5.85. The van der Waals surface area contributed by atoms with Crippen LogP contribution in [0.5, 0.6) is 11.5 Å². The molecule has 1 N–H and O–H groups in total. The van der Waals surface area contributed by atoms with E-state index in [1.807, 2.05) is 18.2 Å². The summed E-state index contributed by atoms with van der Waals surface area (Å²) in [5.41, 5.74) is 1.19. The van der Waals surface area contributed by atoms with E-state index in [0.717, 1.165) is 37.7 Å². The van der Waals surface area contributed by atoms with Crippen LogP contribution >= 0.6 is 0 Å². The van der Waals surface area contributed by atoms with Crippen molar-refractivity contribution in [1.29, 1.82) is 0 Å². The van der Waals surface area contributed by atoms with Crippen LogP contribution in [-0.4, -0.2) is 33.5 Å². The van der Waals surface area contributed by atoms with E-state index in [2.05, 4.69) is 5.32 Å². The van der Waals surface area contributed by atoms with E-state index in [-0.39, 0.29) is 0 Å². The first-order valence-electron chi connectivity index (χ1n) is 5.85. The highest BCUT2D eigenvalue weighted by atomic mass is 16.5. The Labute approximate surface area is 102 Å². The number of ether oxygens (including phenoxy) is 3. The van der Waals surface area contributed by atoms with Crippen molar-refractivity contribution in [2.45, 2.75) is 19.0 Å². The molecule has 1 aromatic rings. The third-order valence-electron chi connectivity index (χ3n) is 2.97. The fourth-order valence-corrected chi connectivity index (χ4v) is 1.95. The molecule has 0 spiro atoms. The van der Waals surface area contributed by atoms with Crippen LogP contribution in [0.3, 0.4) is 0 Å². The molecule has 1 heterocycles. The molecule has 1 saturated heterocycles. The van der Waals surface area contributed by atoms with Gasteiger partial charge in [0.25, 0.3) is 0 Å². The minimum absolute atomic E-state index is 0.475. The van der Waals surface area contributed by atoms with Crippen LogP contribution in [0.15, 0.2) is 18.2 Å². The summed E-state index contributed by atoms with van der Waals surface area (Å²) in [5.74, 6) is 1.54. The lowest BCUT2D eigenvalue weighted by atomic mass is 10.2. The molecule has 4 nitrogen and oxygen atoms in total. The maximum absolute atomic E-state index is 5.32. The van der Waals surface area contributed by atoms with Crippen LogP contribution in [0.2, 0.25) is 0 Å². The molecule has 1 aromatic carbocycles. The Kier molecular flexibility index (Phi) is 4.23. The van der Waals surface area contributed by atoms with Crippen molar-refractivity contribution in [1.82, 2.24) is 5.32 Å². The SMILES string of the molecule is COc1ccc(CN[C@@H]2CCOC2)cc1OC. The molecule has 1 aliphatic rings. The van der Waals surface area contributed by atoms with Gasteiger partial charge in [-0.15, -0.1) is 0 Å². The van der Waals surface area contributed by atoms with Crippen molar-refractivity contribution in [3.05, 3.63) is 23.8 Å². The van der Waals surface area contributed by atoms with Crippen LogP contribution in [0.1, 0.15) is 12.0 Å². The molecular weight excluding hydrogens is 218 g/mol. The summed E-state index contributed by atoms with van der Waals surface area (Å²) in [5, 5.41) is 3.47. The minimum Gasteiger partial charge on any atom is -0.493 e. The first-order chi connectivity index (χ1) is 8.33. The number of hydrogen-bond acceptors (Lipinski definition) is 4. The summed E-state index contributed by atoms with van der Waals surface area (Å²) in [6.07, 6.45) is 1.09.